The highest BCUT2D eigenvalue weighted by Crippen LogP contribution is 2.44. The minimum atomic E-state index is -1.06. The van der Waals surface area contributed by atoms with Gasteiger partial charge >= 0.3 is 5.97 Å². The van der Waals surface area contributed by atoms with Gasteiger partial charge in [-0.2, -0.15) is 0 Å². The molecule has 6 heterocycles. The summed E-state index contributed by atoms with van der Waals surface area (Å²) in [5.74, 6) is 0.336. The summed E-state index contributed by atoms with van der Waals surface area (Å²) in [4.78, 5) is 27.5. The molecule has 43 heavy (non-hydrogen) atoms. The van der Waals surface area contributed by atoms with Crippen LogP contribution < -0.4 is 4.74 Å². The third-order valence-corrected chi connectivity index (χ3v) is 8.92. The van der Waals surface area contributed by atoms with Gasteiger partial charge in [0, 0.05) is 18.4 Å². The van der Waals surface area contributed by atoms with Crippen molar-refractivity contribution in [1.29, 1.82) is 0 Å². The van der Waals surface area contributed by atoms with E-state index in [9.17, 15) is 14.3 Å². The number of piperidine rings is 1. The summed E-state index contributed by atoms with van der Waals surface area (Å²) in [6.07, 6.45) is 8.14. The summed E-state index contributed by atoms with van der Waals surface area (Å²) >= 11 is 5.95. The number of aromatic nitrogens is 4. The van der Waals surface area contributed by atoms with Gasteiger partial charge in [0.2, 0.25) is 0 Å². The molecular weight excluding hydrogens is 573 g/mol. The number of hydrogen-bond acceptors (Lipinski definition) is 7. The Morgan fingerprint density at radius 3 is 2.72 bits per heavy atom. The summed E-state index contributed by atoms with van der Waals surface area (Å²) in [7, 11) is 0. The summed E-state index contributed by atoms with van der Waals surface area (Å²) in [6.45, 7) is 5.49. The van der Waals surface area contributed by atoms with Crippen molar-refractivity contribution >= 4 is 34.8 Å². The maximum absolute atomic E-state index is 14.9. The third-order valence-electron chi connectivity index (χ3n) is 8.71. The van der Waals surface area contributed by atoms with Crippen LogP contribution in [-0.2, 0) is 23.4 Å². The van der Waals surface area contributed by atoms with E-state index in [0.29, 0.717) is 24.3 Å². The van der Waals surface area contributed by atoms with Crippen LogP contribution in [0, 0.1) is 5.82 Å². The molecule has 3 aromatic heterocycles. The van der Waals surface area contributed by atoms with E-state index < -0.39 is 17.4 Å². The van der Waals surface area contributed by atoms with Gasteiger partial charge in [0.05, 0.1) is 24.2 Å². The van der Waals surface area contributed by atoms with Gasteiger partial charge < -0.3 is 19.1 Å². The number of hydrogen-bond donors (Lipinski definition) is 1. The Morgan fingerprint density at radius 2 is 2.00 bits per heavy atom. The number of pyridine rings is 2. The Bertz CT molecular complexity index is 1750. The van der Waals surface area contributed by atoms with E-state index in [0.717, 1.165) is 61.7 Å². The number of para-hydroxylation sites is 1. The molecule has 0 radical (unpaired) electrons. The number of fused-ring (bicyclic) bond motifs is 2. The minimum absolute atomic E-state index is 0.00415. The lowest BCUT2D eigenvalue weighted by Gasteiger charge is -2.36. The fourth-order valence-electron chi connectivity index (χ4n) is 6.26. The van der Waals surface area contributed by atoms with Crippen molar-refractivity contribution in [1.82, 2.24) is 24.4 Å². The molecule has 2 atom stereocenters. The van der Waals surface area contributed by atoms with Gasteiger partial charge in [-0.3, -0.25) is 9.88 Å². The molecule has 2 saturated heterocycles. The fourth-order valence-corrected chi connectivity index (χ4v) is 6.41. The largest absolute Gasteiger partial charge is 0.477 e. The van der Waals surface area contributed by atoms with Crippen molar-refractivity contribution in [3.05, 3.63) is 87.9 Å². The van der Waals surface area contributed by atoms with Crippen LogP contribution in [0.2, 0.25) is 5.02 Å². The molecule has 4 aromatic rings. The first-order chi connectivity index (χ1) is 20.8. The first kappa shape index (κ1) is 27.9. The molecule has 3 aliphatic heterocycles. The van der Waals surface area contributed by atoms with Crippen LogP contribution in [0.5, 0.6) is 5.75 Å². The molecule has 9 nitrogen and oxygen atoms in total. The number of carboxylic acids is 1. The maximum Gasteiger partial charge on any atom is 0.354 e. The molecule has 0 unspecified atom stereocenters. The monoisotopic (exact) mass is 603 g/mol. The molecule has 7 rings (SSSR count). The second-order valence-corrected chi connectivity index (χ2v) is 12.0. The number of nitrogens with zero attached hydrogens (tertiary/aromatic N) is 5. The Labute approximate surface area is 252 Å². The van der Waals surface area contributed by atoms with E-state index in [4.69, 9.17) is 26.1 Å². The van der Waals surface area contributed by atoms with E-state index in [2.05, 4.69) is 20.9 Å². The first-order valence-corrected chi connectivity index (χ1v) is 14.9. The molecule has 0 bridgehead atoms. The van der Waals surface area contributed by atoms with Crippen molar-refractivity contribution in [2.24, 2.45) is 0 Å². The molecule has 0 aliphatic carbocycles. The van der Waals surface area contributed by atoms with Crippen molar-refractivity contribution in [2.75, 3.05) is 19.7 Å². The number of imidazole rings is 1. The average molecular weight is 604 g/mol. The van der Waals surface area contributed by atoms with Gasteiger partial charge in [0.1, 0.15) is 22.8 Å². The Kier molecular flexibility index (Phi) is 7.15. The molecule has 11 heteroatoms. The lowest BCUT2D eigenvalue weighted by Crippen LogP contribution is -2.36. The number of carboxylic acid groups (broad SMARTS) is 1. The zero-order valence-electron chi connectivity index (χ0n) is 23.7. The normalized spacial score (nSPS) is 22.3. The van der Waals surface area contributed by atoms with E-state index in [-0.39, 0.29) is 28.4 Å². The summed E-state index contributed by atoms with van der Waals surface area (Å²) in [5.41, 5.74) is 2.49. The molecule has 3 aliphatic rings. The van der Waals surface area contributed by atoms with Crippen molar-refractivity contribution < 1.29 is 23.8 Å². The number of halogens is 2. The topological polar surface area (TPSA) is 103 Å². The second kappa shape index (κ2) is 11.0. The number of likely N-dealkylation sites (tertiary alicyclic amines) is 1. The van der Waals surface area contributed by atoms with Gasteiger partial charge in [0.25, 0.3) is 0 Å². The Balaban J connectivity index is 1.09. The molecule has 1 N–H and O–H groups in total. The van der Waals surface area contributed by atoms with Crippen LogP contribution >= 0.6 is 11.6 Å². The molecular formula is C32H31ClFN5O4. The fraction of sp³-hybridized carbons (Fsp3) is 0.375. The van der Waals surface area contributed by atoms with E-state index in [1.54, 1.807) is 6.07 Å². The van der Waals surface area contributed by atoms with Gasteiger partial charge in [-0.15, -0.1) is 0 Å². The molecule has 1 aromatic carbocycles. The lowest BCUT2D eigenvalue weighted by molar-refractivity contribution is -0.0593. The Morgan fingerprint density at radius 1 is 1.19 bits per heavy atom. The Hall–Kier alpha value is -3.86. The molecule has 0 saturated carbocycles. The number of benzene rings is 1. The second-order valence-electron chi connectivity index (χ2n) is 11.6. The number of ether oxygens (including phenoxy) is 2. The molecule has 2 fully saturated rings. The zero-order chi connectivity index (χ0) is 29.7. The maximum atomic E-state index is 14.9. The van der Waals surface area contributed by atoms with Crippen LogP contribution in [0.3, 0.4) is 0 Å². The highest BCUT2D eigenvalue weighted by Gasteiger charge is 2.36. The average Bonchev–Trinajstić information content (AvgIpc) is 3.30. The minimum Gasteiger partial charge on any atom is -0.477 e. The lowest BCUT2D eigenvalue weighted by atomic mass is 9.86. The zero-order valence-corrected chi connectivity index (χ0v) is 24.4. The quantitative estimate of drug-likeness (QED) is 0.282. The van der Waals surface area contributed by atoms with Gasteiger partial charge in [-0.05, 0) is 75.0 Å². The van der Waals surface area contributed by atoms with Crippen LogP contribution in [0.15, 0.2) is 48.7 Å². The molecule has 222 valence electrons. The van der Waals surface area contributed by atoms with E-state index in [1.807, 2.05) is 35.8 Å². The third kappa shape index (κ3) is 5.28. The molecule has 0 spiro atoms. The van der Waals surface area contributed by atoms with Crippen LogP contribution in [0.25, 0.3) is 17.2 Å². The summed E-state index contributed by atoms with van der Waals surface area (Å²) < 4.78 is 29.1. The number of aromatic carboxylic acids is 1. The SMILES string of the molecule is C[C@]1(c2ncc(Cl)cc2F)C=Cc2cccc(C3CCN(Cc4nc5ccc(C(=O)O)nc5n4C[C@@H]4CCO4)CC3)c2O1. The smallest absolute Gasteiger partial charge is 0.354 e. The van der Waals surface area contributed by atoms with Gasteiger partial charge in [-0.1, -0.05) is 35.9 Å². The van der Waals surface area contributed by atoms with E-state index in [1.165, 1.54) is 18.3 Å². The molecule has 0 amide bonds. The van der Waals surface area contributed by atoms with Crippen molar-refractivity contribution in [2.45, 2.75) is 56.9 Å². The highest BCUT2D eigenvalue weighted by molar-refractivity contribution is 6.30. The summed E-state index contributed by atoms with van der Waals surface area (Å²) in [6, 6.07) is 10.6. The number of rotatable bonds is 7. The summed E-state index contributed by atoms with van der Waals surface area (Å²) in [5, 5.41) is 9.72. The highest BCUT2D eigenvalue weighted by atomic mass is 35.5. The van der Waals surface area contributed by atoms with Crippen LogP contribution in [0.1, 0.15) is 65.2 Å². The van der Waals surface area contributed by atoms with Gasteiger partial charge in [-0.25, -0.2) is 19.2 Å². The van der Waals surface area contributed by atoms with Crippen LogP contribution in [0.4, 0.5) is 4.39 Å². The van der Waals surface area contributed by atoms with E-state index >= 15 is 0 Å². The predicted octanol–water partition coefficient (Wildman–Crippen LogP) is 5.81. The standard InChI is InChI=1S/C32H31ClFN5O4/c1-32(29-24(34)15-21(33)16-35-29)11-7-20-3-2-4-23(28(20)43-32)19-8-12-38(13-9-19)18-27-36-25-5-6-26(31(40)41)37-30(25)39(27)17-22-10-14-42-22/h2-7,11,15-16,19,22H,8-10,12-14,17-18H2,1H3,(H,40,41)/t22-,32+/m0/s1. The van der Waals surface area contributed by atoms with Crippen LogP contribution in [-0.4, -0.2) is 61.3 Å². The predicted molar refractivity (Wildman–Crippen MR) is 159 cm³/mol. The number of carbonyl (C=O) groups is 1. The van der Waals surface area contributed by atoms with Crippen molar-refractivity contribution in [3.8, 4) is 5.75 Å². The van der Waals surface area contributed by atoms with Crippen molar-refractivity contribution in [3.63, 3.8) is 0 Å². The first-order valence-electron chi connectivity index (χ1n) is 14.5. The van der Waals surface area contributed by atoms with Gasteiger partial charge in [0.15, 0.2) is 22.8 Å².